The van der Waals surface area contributed by atoms with Crippen LogP contribution in [0.4, 0.5) is 11.5 Å². The second-order valence-electron chi connectivity index (χ2n) is 12.6. The first-order valence-corrected chi connectivity index (χ1v) is 15.1. The minimum absolute atomic E-state index is 0.209. The minimum atomic E-state index is -0.329. The maximum absolute atomic E-state index is 13.0. The van der Waals surface area contributed by atoms with Gasteiger partial charge in [0, 0.05) is 61.7 Å². The number of piperidine rings is 1. The van der Waals surface area contributed by atoms with Gasteiger partial charge in [0.2, 0.25) is 0 Å². The van der Waals surface area contributed by atoms with Crippen LogP contribution < -0.4 is 10.2 Å². The van der Waals surface area contributed by atoms with Gasteiger partial charge in [-0.25, -0.2) is 4.68 Å². The summed E-state index contributed by atoms with van der Waals surface area (Å²) in [5.74, 6) is 1.47. The number of carbonyl (C=O) groups is 1. The summed E-state index contributed by atoms with van der Waals surface area (Å²) in [6.07, 6.45) is 5.82. The zero-order valence-electron chi connectivity index (χ0n) is 25.4. The van der Waals surface area contributed by atoms with Crippen molar-refractivity contribution >= 4 is 17.4 Å². The number of amides is 1. The van der Waals surface area contributed by atoms with Crippen molar-refractivity contribution in [3.8, 4) is 16.9 Å². The first-order chi connectivity index (χ1) is 20.7. The molecule has 43 heavy (non-hydrogen) atoms. The quantitative estimate of drug-likeness (QED) is 0.329. The molecule has 2 fully saturated rings. The number of aromatic nitrogens is 5. The molecule has 6 rings (SSSR count). The molecule has 0 aliphatic carbocycles. The van der Waals surface area contributed by atoms with Crippen molar-refractivity contribution < 1.29 is 14.1 Å². The molecule has 2 aliphatic heterocycles. The van der Waals surface area contributed by atoms with Gasteiger partial charge in [0.25, 0.3) is 5.91 Å². The minimum Gasteiger partial charge on any atom is -0.379 e. The highest BCUT2D eigenvalue weighted by Gasteiger charge is 2.24. The van der Waals surface area contributed by atoms with Gasteiger partial charge in [-0.15, -0.1) is 5.10 Å². The molecular weight excluding hydrogens is 544 g/mol. The van der Waals surface area contributed by atoms with E-state index in [1.54, 1.807) is 23.0 Å². The molecule has 11 nitrogen and oxygen atoms in total. The van der Waals surface area contributed by atoms with Crippen LogP contribution in [0, 0.1) is 12.8 Å². The summed E-state index contributed by atoms with van der Waals surface area (Å²) >= 11 is 0. The second-order valence-corrected chi connectivity index (χ2v) is 12.6. The SMILES string of the molecule is Cc1ncc(C(=O)Nc2cc(C(C)(C)C)on2)cc1-n1cc(-c2cccc(N3CCC(CN4CCOCC4)CC3)c2)nn1. The van der Waals surface area contributed by atoms with E-state index in [0.717, 1.165) is 62.3 Å². The number of hydrogen-bond donors (Lipinski definition) is 1. The molecular formula is C32H40N8O3. The number of pyridine rings is 1. The highest BCUT2D eigenvalue weighted by molar-refractivity contribution is 6.03. The number of benzene rings is 1. The molecule has 226 valence electrons. The number of ether oxygens (including phenoxy) is 1. The molecule has 0 atom stereocenters. The Hall–Kier alpha value is -4.09. The number of morpholine rings is 1. The maximum atomic E-state index is 13.0. The first-order valence-electron chi connectivity index (χ1n) is 15.1. The Balaban J connectivity index is 1.12. The van der Waals surface area contributed by atoms with E-state index in [1.807, 2.05) is 33.9 Å². The number of rotatable bonds is 7. The van der Waals surface area contributed by atoms with E-state index in [4.69, 9.17) is 9.26 Å². The van der Waals surface area contributed by atoms with E-state index in [1.165, 1.54) is 25.1 Å². The topological polar surface area (TPSA) is 114 Å². The predicted octanol–water partition coefficient (Wildman–Crippen LogP) is 4.72. The average molecular weight is 585 g/mol. The van der Waals surface area contributed by atoms with Gasteiger partial charge in [0.05, 0.1) is 36.4 Å². The highest BCUT2D eigenvalue weighted by Crippen LogP contribution is 2.29. The molecule has 1 amide bonds. The van der Waals surface area contributed by atoms with Crippen LogP contribution in [0.1, 0.15) is 55.4 Å². The third-order valence-corrected chi connectivity index (χ3v) is 8.30. The van der Waals surface area contributed by atoms with Gasteiger partial charge in [0.1, 0.15) is 11.5 Å². The van der Waals surface area contributed by atoms with Crippen LogP contribution in [0.25, 0.3) is 16.9 Å². The number of hydrogen-bond acceptors (Lipinski definition) is 9. The standard InChI is InChI=1S/C32H40N8O3/c1-22-28(17-25(19-33-22)31(41)34-30-18-29(43-36-30)32(2,3)4)40-21-27(35-37-40)24-6-5-7-26(16-24)39-10-8-23(9-11-39)20-38-12-14-42-15-13-38/h5-7,16-19,21,23H,8-15,20H2,1-4H3,(H,34,36,41). The molecule has 0 radical (unpaired) electrons. The van der Waals surface area contributed by atoms with Crippen LogP contribution in [-0.4, -0.2) is 81.9 Å². The molecule has 1 aromatic carbocycles. The van der Waals surface area contributed by atoms with Crippen molar-refractivity contribution in [1.82, 2.24) is 30.0 Å². The fraction of sp³-hybridized carbons (Fsp3) is 0.469. The van der Waals surface area contributed by atoms with Crippen LogP contribution >= 0.6 is 0 Å². The largest absolute Gasteiger partial charge is 0.379 e. The van der Waals surface area contributed by atoms with Gasteiger partial charge in [-0.1, -0.05) is 43.3 Å². The van der Waals surface area contributed by atoms with Gasteiger partial charge >= 0.3 is 0 Å². The summed E-state index contributed by atoms with van der Waals surface area (Å²) < 4.78 is 12.6. The Morgan fingerprint density at radius 1 is 1.07 bits per heavy atom. The van der Waals surface area contributed by atoms with Crippen molar-refractivity contribution in [3.63, 3.8) is 0 Å². The van der Waals surface area contributed by atoms with Crippen molar-refractivity contribution in [2.45, 2.75) is 46.0 Å². The maximum Gasteiger partial charge on any atom is 0.258 e. The Morgan fingerprint density at radius 2 is 1.86 bits per heavy atom. The molecule has 0 saturated carbocycles. The zero-order valence-corrected chi connectivity index (χ0v) is 25.4. The number of nitrogens with zero attached hydrogens (tertiary/aromatic N) is 7. The normalized spacial score (nSPS) is 16.9. The highest BCUT2D eigenvalue weighted by atomic mass is 16.5. The van der Waals surface area contributed by atoms with Gasteiger partial charge in [-0.05, 0) is 43.9 Å². The summed E-state index contributed by atoms with van der Waals surface area (Å²) in [4.78, 5) is 22.5. The van der Waals surface area contributed by atoms with Crippen molar-refractivity contribution in [2.75, 3.05) is 56.2 Å². The van der Waals surface area contributed by atoms with Crippen LogP contribution in [0.3, 0.4) is 0 Å². The molecule has 4 aromatic rings. The summed E-state index contributed by atoms with van der Waals surface area (Å²) in [5.41, 5.74) is 4.56. The van der Waals surface area contributed by atoms with Crippen molar-refractivity contribution in [1.29, 1.82) is 0 Å². The predicted molar refractivity (Wildman–Crippen MR) is 165 cm³/mol. The fourth-order valence-corrected chi connectivity index (χ4v) is 5.65. The molecule has 11 heteroatoms. The molecule has 5 heterocycles. The van der Waals surface area contributed by atoms with Crippen LogP contribution in [0.5, 0.6) is 0 Å². The Bertz CT molecular complexity index is 1560. The number of anilines is 2. The van der Waals surface area contributed by atoms with E-state index < -0.39 is 0 Å². The van der Waals surface area contributed by atoms with Crippen LogP contribution in [-0.2, 0) is 10.2 Å². The average Bonchev–Trinajstić information content (AvgIpc) is 3.69. The van der Waals surface area contributed by atoms with E-state index >= 15 is 0 Å². The lowest BCUT2D eigenvalue weighted by Crippen LogP contribution is -2.42. The van der Waals surface area contributed by atoms with Gasteiger partial charge in [0.15, 0.2) is 5.82 Å². The molecule has 2 saturated heterocycles. The molecule has 0 spiro atoms. The lowest BCUT2D eigenvalue weighted by atomic mass is 9.93. The summed E-state index contributed by atoms with van der Waals surface area (Å²) in [7, 11) is 0. The molecule has 3 aromatic heterocycles. The lowest BCUT2D eigenvalue weighted by molar-refractivity contribution is 0.0289. The monoisotopic (exact) mass is 584 g/mol. The zero-order chi connectivity index (χ0) is 30.0. The van der Waals surface area contributed by atoms with Crippen LogP contribution in [0.2, 0.25) is 0 Å². The van der Waals surface area contributed by atoms with Gasteiger partial charge in [-0.3, -0.25) is 14.7 Å². The van der Waals surface area contributed by atoms with E-state index in [2.05, 4.69) is 59.8 Å². The van der Waals surface area contributed by atoms with Crippen molar-refractivity contribution in [3.05, 3.63) is 65.8 Å². The lowest BCUT2D eigenvalue weighted by Gasteiger charge is -2.37. The smallest absolute Gasteiger partial charge is 0.258 e. The van der Waals surface area contributed by atoms with Crippen LogP contribution in [0.15, 0.2) is 53.3 Å². The Kier molecular flexibility index (Phi) is 8.27. The van der Waals surface area contributed by atoms with Gasteiger partial charge < -0.3 is 19.5 Å². The van der Waals surface area contributed by atoms with E-state index in [9.17, 15) is 4.79 Å². The molecule has 0 unspecified atom stereocenters. The fourth-order valence-electron chi connectivity index (χ4n) is 5.65. The molecule has 1 N–H and O–H groups in total. The second kappa shape index (κ2) is 12.3. The number of carbonyl (C=O) groups excluding carboxylic acids is 1. The van der Waals surface area contributed by atoms with E-state index in [0.29, 0.717) is 22.8 Å². The third-order valence-electron chi connectivity index (χ3n) is 8.30. The van der Waals surface area contributed by atoms with Crippen molar-refractivity contribution in [2.24, 2.45) is 5.92 Å². The van der Waals surface area contributed by atoms with E-state index in [-0.39, 0.29) is 11.3 Å². The number of nitrogens with one attached hydrogen (secondary N) is 1. The summed E-state index contributed by atoms with van der Waals surface area (Å²) in [6.45, 7) is 15.1. The molecule has 0 bridgehead atoms. The van der Waals surface area contributed by atoms with Gasteiger partial charge in [-0.2, -0.15) is 0 Å². The first kappa shape index (κ1) is 29.0. The Labute approximate surface area is 252 Å². The third kappa shape index (κ3) is 6.78. The number of aryl methyl sites for hydroxylation is 1. The summed E-state index contributed by atoms with van der Waals surface area (Å²) in [5, 5.41) is 15.6. The Morgan fingerprint density at radius 3 is 2.60 bits per heavy atom. The molecule has 2 aliphatic rings. The summed E-state index contributed by atoms with van der Waals surface area (Å²) in [6, 6.07) is 12.0.